The normalized spacial score (nSPS) is 20.2. The van der Waals surface area contributed by atoms with E-state index in [1.807, 2.05) is 0 Å². The molecule has 1 aliphatic rings. The third-order valence-corrected chi connectivity index (χ3v) is 3.87. The molecule has 0 spiro atoms. The molecule has 0 radical (unpaired) electrons. The number of nitrogens with two attached hydrogens (primary N) is 1. The summed E-state index contributed by atoms with van der Waals surface area (Å²) in [6.07, 6.45) is 2.15. The summed E-state index contributed by atoms with van der Waals surface area (Å²) in [4.78, 5) is 4.85. The van der Waals surface area contributed by atoms with E-state index in [0.29, 0.717) is 0 Å². The Balaban J connectivity index is 1.79. The summed E-state index contributed by atoms with van der Waals surface area (Å²) in [6.45, 7) is 5.60. The van der Waals surface area contributed by atoms with Gasteiger partial charge in [0.25, 0.3) is 0 Å². The van der Waals surface area contributed by atoms with E-state index in [2.05, 4.69) is 16.8 Å². The number of benzene rings is 1. The molecule has 1 atom stereocenters. The molecule has 1 heterocycles. The van der Waals surface area contributed by atoms with Gasteiger partial charge in [-0.15, -0.1) is 0 Å². The highest BCUT2D eigenvalue weighted by Crippen LogP contribution is 2.15. The first-order valence-electron chi connectivity index (χ1n) is 7.07. The van der Waals surface area contributed by atoms with Gasteiger partial charge in [-0.1, -0.05) is 12.1 Å². The quantitative estimate of drug-likeness (QED) is 0.902. The summed E-state index contributed by atoms with van der Waals surface area (Å²) >= 11 is 0. The zero-order valence-electron chi connectivity index (χ0n) is 11.7. The van der Waals surface area contributed by atoms with Gasteiger partial charge in [0.15, 0.2) is 0 Å². The van der Waals surface area contributed by atoms with E-state index in [-0.39, 0.29) is 11.9 Å². The molecule has 0 bridgehead atoms. The number of rotatable bonds is 4. The monoisotopic (exact) mass is 265 g/mol. The third-order valence-electron chi connectivity index (χ3n) is 3.87. The molecule has 3 nitrogen and oxygen atoms in total. The van der Waals surface area contributed by atoms with Gasteiger partial charge in [-0.05, 0) is 57.2 Å². The van der Waals surface area contributed by atoms with Crippen molar-refractivity contribution in [1.29, 1.82) is 0 Å². The summed E-state index contributed by atoms with van der Waals surface area (Å²) in [5.74, 6) is -0.202. The first-order chi connectivity index (χ1) is 9.15. The van der Waals surface area contributed by atoms with Crippen LogP contribution in [0.2, 0.25) is 0 Å². The van der Waals surface area contributed by atoms with Crippen molar-refractivity contribution in [3.05, 3.63) is 35.6 Å². The Hall–Kier alpha value is -0.970. The fourth-order valence-corrected chi connectivity index (χ4v) is 2.52. The summed E-state index contributed by atoms with van der Waals surface area (Å²) in [7, 11) is 2.17. The molecular formula is C15H24FN3. The average Bonchev–Trinajstić information content (AvgIpc) is 2.61. The van der Waals surface area contributed by atoms with Crippen molar-refractivity contribution in [1.82, 2.24) is 9.80 Å². The number of halogens is 1. The number of nitrogens with zero attached hydrogens (tertiary/aromatic N) is 2. The van der Waals surface area contributed by atoms with Crippen LogP contribution in [0.3, 0.4) is 0 Å². The zero-order valence-corrected chi connectivity index (χ0v) is 11.7. The summed E-state index contributed by atoms with van der Waals surface area (Å²) in [6, 6.07) is 6.54. The second-order valence-corrected chi connectivity index (χ2v) is 5.45. The van der Waals surface area contributed by atoms with Gasteiger partial charge in [-0.3, -0.25) is 0 Å². The van der Waals surface area contributed by atoms with Crippen molar-refractivity contribution in [2.24, 2.45) is 5.73 Å². The van der Waals surface area contributed by atoms with Crippen LogP contribution in [0.5, 0.6) is 0 Å². The topological polar surface area (TPSA) is 32.5 Å². The molecule has 0 amide bonds. The zero-order chi connectivity index (χ0) is 13.7. The number of hydrogen-bond donors (Lipinski definition) is 1. The van der Waals surface area contributed by atoms with Gasteiger partial charge >= 0.3 is 0 Å². The predicted octanol–water partition coefficient (Wildman–Crippen LogP) is 1.85. The van der Waals surface area contributed by atoms with Crippen molar-refractivity contribution in [2.45, 2.75) is 18.9 Å². The molecule has 2 N–H and O–H groups in total. The van der Waals surface area contributed by atoms with E-state index in [1.165, 1.54) is 25.1 Å². The van der Waals surface area contributed by atoms with Crippen LogP contribution in [0.4, 0.5) is 4.39 Å². The van der Waals surface area contributed by atoms with Gasteiger partial charge < -0.3 is 15.5 Å². The summed E-state index contributed by atoms with van der Waals surface area (Å²) in [5, 5.41) is 0. The van der Waals surface area contributed by atoms with Crippen LogP contribution < -0.4 is 5.73 Å². The Morgan fingerprint density at radius 2 is 1.89 bits per heavy atom. The lowest BCUT2D eigenvalue weighted by Gasteiger charge is -2.22. The Labute approximate surface area is 115 Å². The molecule has 1 aliphatic heterocycles. The minimum atomic E-state index is -0.202. The Morgan fingerprint density at radius 3 is 2.63 bits per heavy atom. The van der Waals surface area contributed by atoms with Gasteiger partial charge in [0, 0.05) is 19.1 Å². The highest BCUT2D eigenvalue weighted by molar-refractivity contribution is 5.19. The maximum absolute atomic E-state index is 12.9. The Morgan fingerprint density at radius 1 is 1.16 bits per heavy atom. The molecule has 19 heavy (non-hydrogen) atoms. The van der Waals surface area contributed by atoms with Crippen LogP contribution >= 0.6 is 0 Å². The van der Waals surface area contributed by atoms with E-state index in [4.69, 9.17) is 5.73 Å². The Kier molecular flexibility index (Phi) is 5.31. The summed E-state index contributed by atoms with van der Waals surface area (Å²) in [5.41, 5.74) is 7.19. The van der Waals surface area contributed by atoms with Crippen LogP contribution in [0, 0.1) is 5.82 Å². The van der Waals surface area contributed by atoms with Gasteiger partial charge in [0.1, 0.15) is 5.82 Å². The molecule has 0 aromatic heterocycles. The van der Waals surface area contributed by atoms with E-state index in [0.717, 1.165) is 38.2 Å². The number of likely N-dealkylation sites (N-methyl/N-ethyl adjacent to an activating group) is 1. The van der Waals surface area contributed by atoms with Crippen LogP contribution in [0.15, 0.2) is 24.3 Å². The summed E-state index contributed by atoms with van der Waals surface area (Å²) < 4.78 is 12.9. The number of hydrogen-bond acceptors (Lipinski definition) is 3. The van der Waals surface area contributed by atoms with Gasteiger partial charge in [0.2, 0.25) is 0 Å². The molecule has 0 saturated carbocycles. The standard InChI is InChI=1S/C15H24FN3/c1-18-8-2-9-19(12-11-18)10-7-15(17)13-3-5-14(16)6-4-13/h3-6,15H,2,7-12,17H2,1H3. The lowest BCUT2D eigenvalue weighted by molar-refractivity contribution is 0.267. The van der Waals surface area contributed by atoms with E-state index < -0.39 is 0 Å². The van der Waals surface area contributed by atoms with Crippen molar-refractivity contribution >= 4 is 0 Å². The van der Waals surface area contributed by atoms with E-state index >= 15 is 0 Å². The second kappa shape index (κ2) is 6.98. The molecule has 1 aromatic carbocycles. The van der Waals surface area contributed by atoms with E-state index in [1.54, 1.807) is 12.1 Å². The van der Waals surface area contributed by atoms with Crippen molar-refractivity contribution < 1.29 is 4.39 Å². The molecule has 1 aromatic rings. The maximum atomic E-state index is 12.9. The fourth-order valence-electron chi connectivity index (χ4n) is 2.52. The molecule has 106 valence electrons. The minimum Gasteiger partial charge on any atom is -0.324 e. The molecular weight excluding hydrogens is 241 g/mol. The fraction of sp³-hybridized carbons (Fsp3) is 0.600. The van der Waals surface area contributed by atoms with Crippen LogP contribution in [0.25, 0.3) is 0 Å². The van der Waals surface area contributed by atoms with Gasteiger partial charge in [-0.25, -0.2) is 4.39 Å². The first-order valence-corrected chi connectivity index (χ1v) is 7.07. The van der Waals surface area contributed by atoms with Crippen LogP contribution in [-0.2, 0) is 0 Å². The molecule has 4 heteroatoms. The largest absolute Gasteiger partial charge is 0.324 e. The maximum Gasteiger partial charge on any atom is 0.123 e. The highest BCUT2D eigenvalue weighted by Gasteiger charge is 2.13. The van der Waals surface area contributed by atoms with Crippen LogP contribution in [0.1, 0.15) is 24.4 Å². The van der Waals surface area contributed by atoms with Crippen molar-refractivity contribution in [2.75, 3.05) is 39.8 Å². The van der Waals surface area contributed by atoms with Gasteiger partial charge in [0.05, 0.1) is 0 Å². The molecule has 2 rings (SSSR count). The lowest BCUT2D eigenvalue weighted by Crippen LogP contribution is -2.31. The minimum absolute atomic E-state index is 0.00147. The van der Waals surface area contributed by atoms with E-state index in [9.17, 15) is 4.39 Å². The molecule has 1 unspecified atom stereocenters. The Bertz CT molecular complexity index is 379. The molecule has 1 saturated heterocycles. The van der Waals surface area contributed by atoms with Crippen molar-refractivity contribution in [3.63, 3.8) is 0 Å². The van der Waals surface area contributed by atoms with Crippen molar-refractivity contribution in [3.8, 4) is 0 Å². The first kappa shape index (κ1) is 14.4. The average molecular weight is 265 g/mol. The smallest absolute Gasteiger partial charge is 0.123 e. The molecule has 0 aliphatic carbocycles. The third kappa shape index (κ3) is 4.56. The van der Waals surface area contributed by atoms with Crippen LogP contribution in [-0.4, -0.2) is 49.6 Å². The predicted molar refractivity (Wildman–Crippen MR) is 76.5 cm³/mol. The SMILES string of the molecule is CN1CCCN(CCC(N)c2ccc(F)cc2)CC1. The lowest BCUT2D eigenvalue weighted by atomic mass is 10.0. The second-order valence-electron chi connectivity index (χ2n) is 5.45. The molecule has 1 fully saturated rings. The highest BCUT2D eigenvalue weighted by atomic mass is 19.1. The van der Waals surface area contributed by atoms with Gasteiger partial charge in [-0.2, -0.15) is 0 Å².